The van der Waals surface area contributed by atoms with E-state index >= 15 is 0 Å². The number of carbonyl (C=O) groups is 1. The summed E-state index contributed by atoms with van der Waals surface area (Å²) in [6, 6.07) is 8.66. The first-order valence-corrected chi connectivity index (χ1v) is 8.70. The number of piperidine rings is 1. The van der Waals surface area contributed by atoms with Crippen molar-refractivity contribution in [3.8, 4) is 0 Å². The van der Waals surface area contributed by atoms with E-state index in [2.05, 4.69) is 45.0 Å². The second kappa shape index (κ2) is 8.23. The molecular weight excluding hydrogens is 316 g/mol. The summed E-state index contributed by atoms with van der Waals surface area (Å²) in [6.07, 6.45) is 0.904. The van der Waals surface area contributed by atoms with Crippen LogP contribution in [0, 0.1) is 12.3 Å². The van der Waals surface area contributed by atoms with Crippen LogP contribution in [-0.4, -0.2) is 35.7 Å². The number of carbonyl (C=O) groups excluding carboxylic acids is 1. The van der Waals surface area contributed by atoms with E-state index < -0.39 is 0 Å². The summed E-state index contributed by atoms with van der Waals surface area (Å²) in [5.41, 5.74) is 8.70. The van der Waals surface area contributed by atoms with E-state index in [-0.39, 0.29) is 29.8 Å². The molecule has 1 unspecified atom stereocenters. The Balaban J connectivity index is 0.00000242. The Kier molecular flexibility index (Phi) is 7.23. The van der Waals surface area contributed by atoms with Gasteiger partial charge in [0, 0.05) is 24.9 Å². The summed E-state index contributed by atoms with van der Waals surface area (Å²) in [5, 5.41) is 0. The fourth-order valence-electron chi connectivity index (χ4n) is 2.74. The Hall–Kier alpha value is -0.710. The zero-order chi connectivity index (χ0) is 15.5. The minimum absolute atomic E-state index is 0. The van der Waals surface area contributed by atoms with Gasteiger partial charge in [-0.15, -0.1) is 24.2 Å². The van der Waals surface area contributed by atoms with Crippen LogP contribution in [0.3, 0.4) is 0 Å². The molecule has 0 bridgehead atoms. The molecule has 1 aliphatic heterocycles. The van der Waals surface area contributed by atoms with Crippen molar-refractivity contribution in [2.45, 2.75) is 39.0 Å². The van der Waals surface area contributed by atoms with Crippen LogP contribution < -0.4 is 5.73 Å². The summed E-state index contributed by atoms with van der Waals surface area (Å²) in [4.78, 5) is 14.3. The molecule has 1 aromatic rings. The number of nitrogens with zero attached hydrogens (tertiary/aromatic N) is 1. The quantitative estimate of drug-likeness (QED) is 0.913. The van der Waals surface area contributed by atoms with Crippen molar-refractivity contribution in [2.75, 3.05) is 18.8 Å². The van der Waals surface area contributed by atoms with Gasteiger partial charge >= 0.3 is 0 Å². The second-order valence-corrected chi connectivity index (χ2v) is 7.67. The largest absolute Gasteiger partial charge is 0.341 e. The summed E-state index contributed by atoms with van der Waals surface area (Å²) >= 11 is 1.70. The molecule has 2 rings (SSSR count). The second-order valence-electron chi connectivity index (χ2n) is 6.68. The van der Waals surface area contributed by atoms with Gasteiger partial charge in [-0.25, -0.2) is 0 Å². The van der Waals surface area contributed by atoms with Crippen molar-refractivity contribution >= 4 is 30.1 Å². The maximum Gasteiger partial charge on any atom is 0.232 e. The standard InChI is InChI=1S/C17H26N2OS.ClH/c1-13-5-4-6-14(9-13)10-21-11-16(20)19-8-7-15(18)17(2,3)12-19;/h4-6,9,15H,7-8,10-12,18H2,1-3H3;1H. The van der Waals surface area contributed by atoms with E-state index in [1.165, 1.54) is 11.1 Å². The van der Waals surface area contributed by atoms with Crippen molar-refractivity contribution in [1.82, 2.24) is 4.90 Å². The van der Waals surface area contributed by atoms with Gasteiger partial charge in [-0.05, 0) is 24.3 Å². The molecule has 5 heteroatoms. The lowest BCUT2D eigenvalue weighted by Gasteiger charge is -2.42. The number of thioether (sulfide) groups is 1. The molecule has 1 fully saturated rings. The topological polar surface area (TPSA) is 46.3 Å². The van der Waals surface area contributed by atoms with Crippen LogP contribution in [-0.2, 0) is 10.5 Å². The highest BCUT2D eigenvalue weighted by atomic mass is 35.5. The highest BCUT2D eigenvalue weighted by molar-refractivity contribution is 7.99. The van der Waals surface area contributed by atoms with Crippen LogP contribution in [0.25, 0.3) is 0 Å². The lowest BCUT2D eigenvalue weighted by Crippen LogP contribution is -2.54. The molecule has 1 saturated heterocycles. The number of rotatable bonds is 4. The minimum Gasteiger partial charge on any atom is -0.341 e. The van der Waals surface area contributed by atoms with Crippen LogP contribution >= 0.6 is 24.2 Å². The maximum atomic E-state index is 12.3. The van der Waals surface area contributed by atoms with Gasteiger partial charge in [0.1, 0.15) is 0 Å². The number of hydrogen-bond acceptors (Lipinski definition) is 3. The van der Waals surface area contributed by atoms with Gasteiger partial charge in [0.15, 0.2) is 0 Å². The van der Waals surface area contributed by atoms with Crippen molar-refractivity contribution in [3.63, 3.8) is 0 Å². The molecule has 1 aliphatic rings. The van der Waals surface area contributed by atoms with E-state index in [0.717, 1.165) is 25.3 Å². The normalized spacial score (nSPS) is 20.4. The van der Waals surface area contributed by atoms with Gasteiger partial charge in [0.2, 0.25) is 5.91 Å². The minimum atomic E-state index is 0. The van der Waals surface area contributed by atoms with E-state index in [9.17, 15) is 4.79 Å². The number of benzene rings is 1. The van der Waals surface area contributed by atoms with Crippen molar-refractivity contribution in [3.05, 3.63) is 35.4 Å². The third-order valence-corrected chi connectivity index (χ3v) is 5.23. The van der Waals surface area contributed by atoms with Crippen LogP contribution in [0.4, 0.5) is 0 Å². The average molecular weight is 343 g/mol. The Morgan fingerprint density at radius 2 is 2.18 bits per heavy atom. The van der Waals surface area contributed by atoms with Crippen LogP contribution in [0.1, 0.15) is 31.4 Å². The number of halogens is 1. The Bertz CT molecular complexity index is 507. The van der Waals surface area contributed by atoms with Crippen LogP contribution in [0.15, 0.2) is 24.3 Å². The molecule has 0 aromatic heterocycles. The smallest absolute Gasteiger partial charge is 0.232 e. The van der Waals surface area contributed by atoms with E-state index in [4.69, 9.17) is 5.73 Å². The summed E-state index contributed by atoms with van der Waals surface area (Å²) < 4.78 is 0. The average Bonchev–Trinajstić information content (AvgIpc) is 2.42. The first-order valence-electron chi connectivity index (χ1n) is 7.55. The van der Waals surface area contributed by atoms with Crippen molar-refractivity contribution in [2.24, 2.45) is 11.1 Å². The predicted molar refractivity (Wildman–Crippen MR) is 97.5 cm³/mol. The lowest BCUT2D eigenvalue weighted by molar-refractivity contribution is -0.131. The molecule has 1 amide bonds. The van der Waals surface area contributed by atoms with E-state index in [1.807, 2.05) is 4.90 Å². The van der Waals surface area contributed by atoms with E-state index in [0.29, 0.717) is 5.75 Å². The molecule has 1 atom stereocenters. The highest BCUT2D eigenvalue weighted by Gasteiger charge is 2.35. The van der Waals surface area contributed by atoms with Crippen molar-refractivity contribution in [1.29, 1.82) is 0 Å². The van der Waals surface area contributed by atoms with Crippen LogP contribution in [0.5, 0.6) is 0 Å². The van der Waals surface area contributed by atoms with E-state index in [1.54, 1.807) is 11.8 Å². The zero-order valence-electron chi connectivity index (χ0n) is 13.7. The summed E-state index contributed by atoms with van der Waals surface area (Å²) in [7, 11) is 0. The number of hydrogen-bond donors (Lipinski definition) is 1. The van der Waals surface area contributed by atoms with Gasteiger partial charge in [0.25, 0.3) is 0 Å². The first-order chi connectivity index (χ1) is 9.88. The maximum absolute atomic E-state index is 12.3. The monoisotopic (exact) mass is 342 g/mol. The highest BCUT2D eigenvalue weighted by Crippen LogP contribution is 2.28. The molecule has 0 spiro atoms. The number of aryl methyl sites for hydroxylation is 1. The number of amides is 1. The Morgan fingerprint density at radius 1 is 1.45 bits per heavy atom. The Morgan fingerprint density at radius 3 is 2.82 bits per heavy atom. The number of likely N-dealkylation sites (tertiary alicyclic amines) is 1. The van der Waals surface area contributed by atoms with Gasteiger partial charge < -0.3 is 10.6 Å². The lowest BCUT2D eigenvalue weighted by atomic mass is 9.80. The fraction of sp³-hybridized carbons (Fsp3) is 0.588. The molecule has 0 saturated carbocycles. The molecule has 0 aliphatic carbocycles. The van der Waals surface area contributed by atoms with Gasteiger partial charge in [0.05, 0.1) is 5.75 Å². The fourth-order valence-corrected chi connectivity index (χ4v) is 3.61. The number of nitrogens with two attached hydrogens (primary N) is 1. The van der Waals surface area contributed by atoms with Crippen LogP contribution in [0.2, 0.25) is 0 Å². The SMILES string of the molecule is Cc1cccc(CSCC(=O)N2CCC(N)C(C)(C)C2)c1.Cl. The molecule has 22 heavy (non-hydrogen) atoms. The third-order valence-electron chi connectivity index (χ3n) is 4.24. The molecule has 3 nitrogen and oxygen atoms in total. The molecule has 1 heterocycles. The molecule has 124 valence electrons. The summed E-state index contributed by atoms with van der Waals surface area (Å²) in [6.45, 7) is 7.97. The molecule has 0 radical (unpaired) electrons. The third kappa shape index (κ3) is 5.18. The van der Waals surface area contributed by atoms with Gasteiger partial charge in [-0.2, -0.15) is 0 Å². The van der Waals surface area contributed by atoms with Gasteiger partial charge in [-0.3, -0.25) is 4.79 Å². The molecule has 2 N–H and O–H groups in total. The van der Waals surface area contributed by atoms with Crippen molar-refractivity contribution < 1.29 is 4.79 Å². The zero-order valence-corrected chi connectivity index (χ0v) is 15.3. The summed E-state index contributed by atoms with van der Waals surface area (Å²) in [5.74, 6) is 1.69. The van der Waals surface area contributed by atoms with Gasteiger partial charge in [-0.1, -0.05) is 43.7 Å². The molecule has 1 aromatic carbocycles. The predicted octanol–water partition coefficient (Wildman–Crippen LogP) is 3.24. The first kappa shape index (κ1) is 19.3. The Labute approximate surface area is 144 Å². The molecular formula is C17H27ClN2OS.